The molecule has 2 N–H and O–H groups in total. The zero-order chi connectivity index (χ0) is 14.7. The maximum absolute atomic E-state index is 12.6. The maximum Gasteiger partial charge on any atom is 0.216 e. The number of aromatic nitrogens is 1. The number of carbonyl (C=O) groups is 1. The second-order valence-electron chi connectivity index (χ2n) is 4.65. The van der Waals surface area contributed by atoms with Gasteiger partial charge >= 0.3 is 0 Å². The molecule has 1 aromatic heterocycles. The lowest BCUT2D eigenvalue weighted by molar-refractivity contribution is 0.103. The Morgan fingerprint density at radius 1 is 1.40 bits per heavy atom. The second-order valence-corrected chi connectivity index (χ2v) is 5.60. The molecule has 0 bridgehead atoms. The van der Waals surface area contributed by atoms with E-state index < -0.39 is 0 Å². The van der Waals surface area contributed by atoms with Crippen molar-refractivity contribution in [3.05, 3.63) is 44.9 Å². The number of thiazole rings is 1. The molecule has 1 heterocycles. The summed E-state index contributed by atoms with van der Waals surface area (Å²) in [5, 5.41) is 2.67. The molecule has 0 atom stereocenters. The largest absolute Gasteiger partial charge is 0.496 e. The summed E-state index contributed by atoms with van der Waals surface area (Å²) >= 11 is 1.47. The highest BCUT2D eigenvalue weighted by molar-refractivity contribution is 7.09. The van der Waals surface area contributed by atoms with Crippen molar-refractivity contribution in [1.29, 1.82) is 0 Å². The first kappa shape index (κ1) is 14.7. The van der Waals surface area contributed by atoms with Gasteiger partial charge in [-0.2, -0.15) is 0 Å². The SMILES string of the molecule is COc1cc(C)cc(C)c1C(=O)c1csc(CCN)n1. The van der Waals surface area contributed by atoms with Crippen LogP contribution in [-0.4, -0.2) is 24.4 Å². The van der Waals surface area contributed by atoms with Crippen molar-refractivity contribution in [2.45, 2.75) is 20.3 Å². The third-order valence-corrected chi connectivity index (χ3v) is 3.94. The Kier molecular flexibility index (Phi) is 4.52. The number of hydrogen-bond acceptors (Lipinski definition) is 5. The molecule has 0 saturated heterocycles. The minimum atomic E-state index is -0.0983. The number of nitrogens with zero attached hydrogens (tertiary/aromatic N) is 1. The van der Waals surface area contributed by atoms with Crippen LogP contribution in [0.3, 0.4) is 0 Å². The van der Waals surface area contributed by atoms with Gasteiger partial charge in [0.1, 0.15) is 11.4 Å². The van der Waals surface area contributed by atoms with E-state index in [0.717, 1.165) is 16.1 Å². The average Bonchev–Trinajstić information content (AvgIpc) is 2.86. The highest BCUT2D eigenvalue weighted by Gasteiger charge is 2.20. The molecule has 2 aromatic rings. The Hall–Kier alpha value is -1.72. The van der Waals surface area contributed by atoms with Crippen molar-refractivity contribution in [1.82, 2.24) is 4.98 Å². The van der Waals surface area contributed by atoms with Gasteiger partial charge in [-0.15, -0.1) is 11.3 Å². The Bertz CT molecular complexity index is 635. The maximum atomic E-state index is 12.6. The molecule has 0 radical (unpaired) electrons. The molecule has 0 amide bonds. The first-order valence-corrected chi connectivity index (χ1v) is 7.29. The van der Waals surface area contributed by atoms with Crippen molar-refractivity contribution in [3.8, 4) is 5.75 Å². The van der Waals surface area contributed by atoms with E-state index in [4.69, 9.17) is 10.5 Å². The molecule has 0 aliphatic rings. The van der Waals surface area contributed by atoms with Crippen LogP contribution in [0.15, 0.2) is 17.5 Å². The molecule has 0 fully saturated rings. The van der Waals surface area contributed by atoms with Gasteiger partial charge in [-0.05, 0) is 37.6 Å². The fraction of sp³-hybridized carbons (Fsp3) is 0.333. The van der Waals surface area contributed by atoms with Gasteiger partial charge in [0, 0.05) is 11.8 Å². The number of nitrogens with two attached hydrogens (primary N) is 1. The van der Waals surface area contributed by atoms with Crippen LogP contribution in [0.2, 0.25) is 0 Å². The van der Waals surface area contributed by atoms with Crippen molar-refractivity contribution >= 4 is 17.1 Å². The minimum Gasteiger partial charge on any atom is -0.496 e. The fourth-order valence-electron chi connectivity index (χ4n) is 2.16. The summed E-state index contributed by atoms with van der Waals surface area (Å²) in [7, 11) is 1.58. The van der Waals surface area contributed by atoms with Gasteiger partial charge in [-0.1, -0.05) is 6.07 Å². The quantitative estimate of drug-likeness (QED) is 0.859. The number of benzene rings is 1. The van der Waals surface area contributed by atoms with Crippen LogP contribution in [0.1, 0.15) is 32.2 Å². The van der Waals surface area contributed by atoms with Crippen molar-refractivity contribution in [2.24, 2.45) is 5.73 Å². The smallest absolute Gasteiger partial charge is 0.216 e. The molecule has 20 heavy (non-hydrogen) atoms. The van der Waals surface area contributed by atoms with Crippen molar-refractivity contribution in [3.63, 3.8) is 0 Å². The number of carbonyl (C=O) groups excluding carboxylic acids is 1. The van der Waals surface area contributed by atoms with E-state index in [1.54, 1.807) is 12.5 Å². The van der Waals surface area contributed by atoms with E-state index >= 15 is 0 Å². The van der Waals surface area contributed by atoms with E-state index in [9.17, 15) is 4.79 Å². The summed E-state index contributed by atoms with van der Waals surface area (Å²) in [5.74, 6) is 0.500. The van der Waals surface area contributed by atoms with Crippen molar-refractivity contribution in [2.75, 3.05) is 13.7 Å². The van der Waals surface area contributed by atoms with E-state index in [-0.39, 0.29) is 5.78 Å². The van der Waals surface area contributed by atoms with Gasteiger partial charge in [0.15, 0.2) is 0 Å². The highest BCUT2D eigenvalue weighted by atomic mass is 32.1. The Labute approximate surface area is 122 Å². The molecule has 1 aromatic carbocycles. The summed E-state index contributed by atoms with van der Waals surface area (Å²) in [6.45, 7) is 4.43. The zero-order valence-electron chi connectivity index (χ0n) is 11.9. The highest BCUT2D eigenvalue weighted by Crippen LogP contribution is 2.27. The Morgan fingerprint density at radius 2 is 2.15 bits per heavy atom. The molecule has 0 aliphatic heterocycles. The summed E-state index contributed by atoms with van der Waals surface area (Å²) in [6, 6.07) is 3.84. The first-order chi connectivity index (χ1) is 9.56. The van der Waals surface area contributed by atoms with E-state index in [1.807, 2.05) is 26.0 Å². The summed E-state index contributed by atoms with van der Waals surface area (Å²) in [5.41, 5.74) is 8.52. The van der Waals surface area contributed by atoms with Gasteiger partial charge in [-0.3, -0.25) is 4.79 Å². The van der Waals surface area contributed by atoms with Crippen LogP contribution in [0, 0.1) is 13.8 Å². The van der Waals surface area contributed by atoms with E-state index in [0.29, 0.717) is 30.0 Å². The fourth-order valence-corrected chi connectivity index (χ4v) is 2.96. The minimum absolute atomic E-state index is 0.0983. The molecule has 5 heteroatoms. The van der Waals surface area contributed by atoms with Crippen LogP contribution in [0.4, 0.5) is 0 Å². The number of ether oxygens (including phenoxy) is 1. The number of hydrogen-bond donors (Lipinski definition) is 1. The number of methoxy groups -OCH3 is 1. The standard InChI is InChI=1S/C15H18N2O2S/c1-9-6-10(2)14(12(7-9)19-3)15(18)11-8-20-13(17-11)4-5-16/h6-8H,4-5,16H2,1-3H3. The van der Waals surface area contributed by atoms with Crippen LogP contribution in [0.5, 0.6) is 5.75 Å². The predicted molar refractivity (Wildman–Crippen MR) is 80.8 cm³/mol. The average molecular weight is 290 g/mol. The van der Waals surface area contributed by atoms with Crippen LogP contribution in [0.25, 0.3) is 0 Å². The first-order valence-electron chi connectivity index (χ1n) is 6.41. The molecule has 0 spiro atoms. The molecule has 2 rings (SSSR count). The summed E-state index contributed by atoms with van der Waals surface area (Å²) < 4.78 is 5.34. The Balaban J connectivity index is 2.42. The molecular formula is C15H18N2O2S. The van der Waals surface area contributed by atoms with Gasteiger partial charge in [0.25, 0.3) is 0 Å². The molecule has 0 aliphatic carbocycles. The lowest BCUT2D eigenvalue weighted by atomic mass is 9.99. The number of aryl methyl sites for hydroxylation is 2. The molecule has 4 nitrogen and oxygen atoms in total. The van der Waals surface area contributed by atoms with Crippen molar-refractivity contribution < 1.29 is 9.53 Å². The van der Waals surface area contributed by atoms with Gasteiger partial charge in [0.2, 0.25) is 5.78 Å². The molecular weight excluding hydrogens is 272 g/mol. The summed E-state index contributed by atoms with van der Waals surface area (Å²) in [6.07, 6.45) is 0.696. The van der Waals surface area contributed by atoms with E-state index in [2.05, 4.69) is 4.98 Å². The number of rotatable bonds is 5. The summed E-state index contributed by atoms with van der Waals surface area (Å²) in [4.78, 5) is 17.0. The van der Waals surface area contributed by atoms with Crippen LogP contribution < -0.4 is 10.5 Å². The number of ketones is 1. The predicted octanol–water partition coefficient (Wildman–Crippen LogP) is 2.50. The lowest BCUT2D eigenvalue weighted by Gasteiger charge is -2.11. The van der Waals surface area contributed by atoms with E-state index in [1.165, 1.54) is 11.3 Å². The van der Waals surface area contributed by atoms with Gasteiger partial charge in [-0.25, -0.2) is 4.98 Å². The van der Waals surface area contributed by atoms with Gasteiger partial charge < -0.3 is 10.5 Å². The molecule has 106 valence electrons. The normalized spacial score (nSPS) is 10.6. The lowest BCUT2D eigenvalue weighted by Crippen LogP contribution is -2.08. The van der Waals surface area contributed by atoms with Crippen LogP contribution >= 0.6 is 11.3 Å². The third-order valence-electron chi connectivity index (χ3n) is 3.03. The second kappa shape index (κ2) is 6.15. The Morgan fingerprint density at radius 3 is 2.80 bits per heavy atom. The van der Waals surface area contributed by atoms with Crippen LogP contribution in [-0.2, 0) is 6.42 Å². The molecule has 0 unspecified atom stereocenters. The monoisotopic (exact) mass is 290 g/mol. The topological polar surface area (TPSA) is 65.2 Å². The molecule has 0 saturated carbocycles. The third kappa shape index (κ3) is 2.89. The van der Waals surface area contributed by atoms with Gasteiger partial charge in [0.05, 0.1) is 17.7 Å². The zero-order valence-corrected chi connectivity index (χ0v) is 12.7.